The van der Waals surface area contributed by atoms with Crippen LogP contribution in [0.15, 0.2) is 72.8 Å². The maximum atomic E-state index is 8.97. The lowest BCUT2D eigenvalue weighted by molar-refractivity contribution is 0.0466. The van der Waals surface area contributed by atoms with Crippen LogP contribution in [0.25, 0.3) is 11.1 Å². The highest BCUT2D eigenvalue weighted by molar-refractivity contribution is 5.64. The molecule has 3 aromatic rings. The minimum Gasteiger partial charge on any atom is -0.496 e. The number of piperidine rings is 1. The van der Waals surface area contributed by atoms with Gasteiger partial charge in [0.05, 0.1) is 18.7 Å². The number of hydrogen-bond donors (Lipinski definition) is 1. The van der Waals surface area contributed by atoms with E-state index in [0.29, 0.717) is 23.6 Å². The zero-order chi connectivity index (χ0) is 20.5. The Labute approximate surface area is 177 Å². The quantitative estimate of drug-likeness (QED) is 0.704. The first-order chi connectivity index (χ1) is 14.7. The fraction of sp³-hybridized carbons (Fsp3) is 0.269. The van der Waals surface area contributed by atoms with Crippen LogP contribution >= 0.6 is 0 Å². The van der Waals surface area contributed by atoms with Gasteiger partial charge in [-0.1, -0.05) is 54.6 Å². The van der Waals surface area contributed by atoms with Gasteiger partial charge in [-0.2, -0.15) is 5.26 Å². The van der Waals surface area contributed by atoms with Crippen LogP contribution in [0.3, 0.4) is 0 Å². The summed E-state index contributed by atoms with van der Waals surface area (Å²) in [5.74, 6) is 1.55. The number of methoxy groups -OCH3 is 1. The summed E-state index contributed by atoms with van der Waals surface area (Å²) in [6.07, 6.45) is 0. The SMILES string of the molecule is COc1ccccc1CN1C[C@@H]2N[C@H](C1)C2c1ccc(-c2ccc(C#N)cc2)cc1. The molecular formula is C26H25N3O. The number of para-hydroxylation sites is 1. The molecule has 30 heavy (non-hydrogen) atoms. The zero-order valence-electron chi connectivity index (χ0n) is 17.1. The van der Waals surface area contributed by atoms with E-state index >= 15 is 0 Å². The molecule has 3 aromatic carbocycles. The number of rotatable bonds is 5. The summed E-state index contributed by atoms with van der Waals surface area (Å²) in [5, 5.41) is 12.7. The van der Waals surface area contributed by atoms with Crippen molar-refractivity contribution in [2.75, 3.05) is 20.2 Å². The Kier molecular flexibility index (Phi) is 5.00. The third kappa shape index (κ3) is 3.47. The van der Waals surface area contributed by atoms with E-state index in [0.717, 1.165) is 30.9 Å². The molecule has 0 amide bonds. The van der Waals surface area contributed by atoms with Crippen molar-refractivity contribution in [2.24, 2.45) is 0 Å². The van der Waals surface area contributed by atoms with E-state index in [9.17, 15) is 0 Å². The molecule has 3 heterocycles. The van der Waals surface area contributed by atoms with E-state index in [4.69, 9.17) is 10.00 Å². The third-order valence-electron chi connectivity index (χ3n) is 6.43. The molecule has 0 aliphatic carbocycles. The van der Waals surface area contributed by atoms with Gasteiger partial charge in [-0.05, 0) is 34.9 Å². The molecule has 0 aromatic heterocycles. The van der Waals surface area contributed by atoms with Crippen LogP contribution in [-0.4, -0.2) is 37.2 Å². The second-order valence-electron chi connectivity index (χ2n) is 8.22. The monoisotopic (exact) mass is 395 g/mol. The minimum absolute atomic E-state index is 0.499. The first-order valence-electron chi connectivity index (χ1n) is 10.5. The van der Waals surface area contributed by atoms with E-state index in [1.165, 1.54) is 16.7 Å². The Morgan fingerprint density at radius 2 is 1.57 bits per heavy atom. The highest BCUT2D eigenvalue weighted by Crippen LogP contribution is 2.38. The molecule has 4 heteroatoms. The highest BCUT2D eigenvalue weighted by Gasteiger charge is 2.46. The Hall–Kier alpha value is -3.13. The second-order valence-corrected chi connectivity index (χ2v) is 8.22. The van der Waals surface area contributed by atoms with Crippen LogP contribution in [0, 0.1) is 11.3 Å². The molecule has 3 atom stereocenters. The van der Waals surface area contributed by atoms with Crippen LogP contribution in [0.2, 0.25) is 0 Å². The highest BCUT2D eigenvalue weighted by atomic mass is 16.5. The summed E-state index contributed by atoms with van der Waals surface area (Å²) in [5.41, 5.74) is 5.71. The summed E-state index contributed by atoms with van der Waals surface area (Å²) in [7, 11) is 1.74. The Morgan fingerprint density at radius 1 is 0.933 bits per heavy atom. The molecule has 4 nitrogen and oxygen atoms in total. The predicted octanol–water partition coefficient (Wildman–Crippen LogP) is 4.17. The fourth-order valence-electron chi connectivity index (χ4n) is 4.91. The number of hydrogen-bond acceptors (Lipinski definition) is 4. The topological polar surface area (TPSA) is 48.3 Å². The summed E-state index contributed by atoms with van der Waals surface area (Å²) in [4.78, 5) is 2.53. The van der Waals surface area contributed by atoms with Crippen molar-refractivity contribution >= 4 is 0 Å². The number of ether oxygens (including phenoxy) is 1. The average Bonchev–Trinajstić information content (AvgIpc) is 2.80. The second kappa shape index (κ2) is 7.95. The molecule has 2 bridgehead atoms. The Bertz CT molecular complexity index is 1060. The molecule has 3 saturated heterocycles. The number of fused-ring (bicyclic) bond motifs is 2. The zero-order valence-corrected chi connectivity index (χ0v) is 17.1. The standard InChI is InChI=1S/C26H25N3O/c1-30-25-5-3-2-4-22(25)15-29-16-23-26(24(17-29)28-23)21-12-10-20(11-13-21)19-8-6-18(14-27)7-9-19/h2-13,23-24,26,28H,15-17H2,1H3/t23-,24+,26?. The number of nitriles is 1. The third-order valence-corrected chi connectivity index (χ3v) is 6.43. The molecule has 0 spiro atoms. The molecule has 1 unspecified atom stereocenters. The van der Waals surface area contributed by atoms with Crippen molar-refractivity contribution < 1.29 is 4.74 Å². The minimum atomic E-state index is 0.499. The lowest BCUT2D eigenvalue weighted by Crippen LogP contribution is -2.71. The Morgan fingerprint density at radius 3 is 2.20 bits per heavy atom. The molecule has 0 saturated carbocycles. The van der Waals surface area contributed by atoms with Gasteiger partial charge in [0.15, 0.2) is 0 Å². The summed E-state index contributed by atoms with van der Waals surface area (Å²) in [6.45, 7) is 3.04. The van der Waals surface area contributed by atoms with Crippen LogP contribution < -0.4 is 10.1 Å². The van der Waals surface area contributed by atoms with Crippen molar-refractivity contribution in [1.82, 2.24) is 10.2 Å². The van der Waals surface area contributed by atoms with Gasteiger partial charge in [0.25, 0.3) is 0 Å². The summed E-state index contributed by atoms with van der Waals surface area (Å²) < 4.78 is 5.52. The van der Waals surface area contributed by atoms with E-state index in [1.54, 1.807) is 7.11 Å². The van der Waals surface area contributed by atoms with Crippen molar-refractivity contribution in [1.29, 1.82) is 5.26 Å². The van der Waals surface area contributed by atoms with Crippen LogP contribution in [0.5, 0.6) is 5.75 Å². The first-order valence-corrected chi connectivity index (χ1v) is 10.5. The van der Waals surface area contributed by atoms with Crippen LogP contribution in [0.1, 0.15) is 22.6 Å². The molecular weight excluding hydrogens is 370 g/mol. The summed E-state index contributed by atoms with van der Waals surface area (Å²) >= 11 is 0. The van der Waals surface area contributed by atoms with Gasteiger partial charge in [0, 0.05) is 43.2 Å². The first kappa shape index (κ1) is 18.9. The van der Waals surface area contributed by atoms with Crippen molar-refractivity contribution in [3.63, 3.8) is 0 Å². The van der Waals surface area contributed by atoms with E-state index in [-0.39, 0.29) is 0 Å². The molecule has 3 fully saturated rings. The van der Waals surface area contributed by atoms with E-state index in [2.05, 4.69) is 52.7 Å². The van der Waals surface area contributed by atoms with Crippen LogP contribution in [-0.2, 0) is 6.54 Å². The fourth-order valence-corrected chi connectivity index (χ4v) is 4.91. The predicted molar refractivity (Wildman–Crippen MR) is 118 cm³/mol. The van der Waals surface area contributed by atoms with Gasteiger partial charge in [0.2, 0.25) is 0 Å². The van der Waals surface area contributed by atoms with Gasteiger partial charge >= 0.3 is 0 Å². The van der Waals surface area contributed by atoms with Crippen LogP contribution in [0.4, 0.5) is 0 Å². The number of nitrogens with zero attached hydrogens (tertiary/aromatic N) is 2. The van der Waals surface area contributed by atoms with Gasteiger partial charge in [0.1, 0.15) is 5.75 Å². The molecule has 3 aliphatic rings. The molecule has 1 N–H and O–H groups in total. The molecule has 6 rings (SSSR count). The van der Waals surface area contributed by atoms with Gasteiger partial charge in [-0.15, -0.1) is 0 Å². The van der Waals surface area contributed by atoms with Gasteiger partial charge in [-0.25, -0.2) is 0 Å². The van der Waals surface area contributed by atoms with Crippen molar-refractivity contribution in [3.05, 3.63) is 89.5 Å². The smallest absolute Gasteiger partial charge is 0.123 e. The average molecular weight is 396 g/mol. The maximum absolute atomic E-state index is 8.97. The van der Waals surface area contributed by atoms with E-state index in [1.807, 2.05) is 36.4 Å². The number of piperazine rings is 1. The van der Waals surface area contributed by atoms with Gasteiger partial charge in [-0.3, -0.25) is 4.90 Å². The van der Waals surface area contributed by atoms with Crippen molar-refractivity contribution in [2.45, 2.75) is 24.5 Å². The molecule has 3 aliphatic heterocycles. The lowest BCUT2D eigenvalue weighted by atomic mass is 9.74. The normalized spacial score (nSPS) is 22.7. The molecule has 150 valence electrons. The van der Waals surface area contributed by atoms with Gasteiger partial charge < -0.3 is 10.1 Å². The number of nitrogens with one attached hydrogen (secondary N) is 1. The van der Waals surface area contributed by atoms with Crippen molar-refractivity contribution in [3.8, 4) is 22.9 Å². The van der Waals surface area contributed by atoms with E-state index < -0.39 is 0 Å². The number of benzene rings is 3. The lowest BCUT2D eigenvalue weighted by Gasteiger charge is -2.55. The largest absolute Gasteiger partial charge is 0.496 e. The summed E-state index contributed by atoms with van der Waals surface area (Å²) in [6, 6.07) is 28.2. The Balaban J connectivity index is 1.25. The molecule has 0 radical (unpaired) electrons. The maximum Gasteiger partial charge on any atom is 0.123 e.